The second-order valence-corrected chi connectivity index (χ2v) is 8.69. The Morgan fingerprint density at radius 1 is 1.15 bits per heavy atom. The fourth-order valence-electron chi connectivity index (χ4n) is 3.58. The SMILES string of the molecule is COC(=O)[C@H](CCSC)NC(=O)c1ccc(CNCc2cnc[nH]2)cc1-c1ccccc1C. The van der Waals surface area contributed by atoms with Gasteiger partial charge >= 0.3 is 5.97 Å². The number of amides is 1. The Balaban J connectivity index is 1.86. The highest BCUT2D eigenvalue weighted by molar-refractivity contribution is 7.98. The van der Waals surface area contributed by atoms with Crippen molar-refractivity contribution in [3.05, 3.63) is 77.4 Å². The van der Waals surface area contributed by atoms with Gasteiger partial charge in [-0.25, -0.2) is 9.78 Å². The highest BCUT2D eigenvalue weighted by Gasteiger charge is 2.23. The Kier molecular flexibility index (Phi) is 9.09. The van der Waals surface area contributed by atoms with Crippen LogP contribution in [0.15, 0.2) is 55.0 Å². The van der Waals surface area contributed by atoms with Crippen LogP contribution < -0.4 is 10.6 Å². The normalized spacial score (nSPS) is 11.7. The molecule has 1 heterocycles. The summed E-state index contributed by atoms with van der Waals surface area (Å²) in [6, 6.07) is 13.1. The van der Waals surface area contributed by atoms with Crippen LogP contribution >= 0.6 is 11.8 Å². The predicted molar refractivity (Wildman–Crippen MR) is 132 cm³/mol. The molecule has 0 aliphatic heterocycles. The molecule has 0 radical (unpaired) electrons. The third-order valence-corrected chi connectivity index (χ3v) is 6.01. The second-order valence-electron chi connectivity index (χ2n) is 7.71. The molecule has 0 saturated heterocycles. The number of H-pyrrole nitrogens is 1. The van der Waals surface area contributed by atoms with Gasteiger partial charge in [-0.3, -0.25) is 4.79 Å². The number of carbonyl (C=O) groups is 2. The third kappa shape index (κ3) is 6.69. The number of aryl methyl sites for hydroxylation is 1. The molecule has 0 spiro atoms. The van der Waals surface area contributed by atoms with E-state index in [2.05, 4.69) is 20.6 Å². The first-order valence-corrected chi connectivity index (χ1v) is 12.2. The molecule has 0 bridgehead atoms. The van der Waals surface area contributed by atoms with E-state index in [-0.39, 0.29) is 5.91 Å². The van der Waals surface area contributed by atoms with Crippen LogP contribution in [0.5, 0.6) is 0 Å². The van der Waals surface area contributed by atoms with Crippen LogP contribution in [0.25, 0.3) is 11.1 Å². The number of aromatic nitrogens is 2. The molecule has 0 aliphatic rings. The molecule has 3 N–H and O–H groups in total. The molecular formula is C25H30N4O3S. The van der Waals surface area contributed by atoms with E-state index < -0.39 is 12.0 Å². The molecule has 3 aromatic rings. The van der Waals surface area contributed by atoms with Gasteiger partial charge in [0.05, 0.1) is 13.4 Å². The number of hydrogen-bond donors (Lipinski definition) is 3. The first-order valence-electron chi connectivity index (χ1n) is 10.8. The van der Waals surface area contributed by atoms with E-state index in [9.17, 15) is 9.59 Å². The monoisotopic (exact) mass is 466 g/mol. The van der Waals surface area contributed by atoms with Gasteiger partial charge in [-0.1, -0.05) is 30.3 Å². The Hall–Kier alpha value is -3.10. The number of esters is 1. The minimum atomic E-state index is -0.685. The lowest BCUT2D eigenvalue weighted by molar-refractivity contribution is -0.142. The van der Waals surface area contributed by atoms with E-state index in [1.807, 2.05) is 55.6 Å². The predicted octanol–water partition coefficient (Wildman–Crippen LogP) is 3.70. The van der Waals surface area contributed by atoms with E-state index in [1.54, 1.807) is 24.3 Å². The zero-order valence-electron chi connectivity index (χ0n) is 19.2. The largest absolute Gasteiger partial charge is 0.467 e. The maximum atomic E-state index is 13.3. The molecule has 8 heteroatoms. The fraction of sp³-hybridized carbons (Fsp3) is 0.320. The maximum Gasteiger partial charge on any atom is 0.328 e. The van der Waals surface area contributed by atoms with Crippen LogP contribution in [0, 0.1) is 6.92 Å². The Bertz CT molecular complexity index is 1070. The first-order chi connectivity index (χ1) is 16.0. The van der Waals surface area contributed by atoms with Gasteiger partial charge in [0.2, 0.25) is 0 Å². The van der Waals surface area contributed by atoms with Gasteiger partial charge in [-0.2, -0.15) is 11.8 Å². The lowest BCUT2D eigenvalue weighted by Crippen LogP contribution is -2.42. The minimum absolute atomic E-state index is 0.290. The summed E-state index contributed by atoms with van der Waals surface area (Å²) in [5.74, 6) is 0.0160. The smallest absolute Gasteiger partial charge is 0.328 e. The Morgan fingerprint density at radius 3 is 2.67 bits per heavy atom. The number of methoxy groups -OCH3 is 1. The summed E-state index contributed by atoms with van der Waals surface area (Å²) in [5, 5.41) is 6.26. The van der Waals surface area contributed by atoms with Gasteiger partial charge in [0.15, 0.2) is 0 Å². The summed E-state index contributed by atoms with van der Waals surface area (Å²) < 4.78 is 4.90. The number of rotatable bonds is 11. The number of ether oxygens (including phenoxy) is 1. The first kappa shape index (κ1) is 24.5. The molecule has 0 fully saturated rings. The average Bonchev–Trinajstić information content (AvgIpc) is 3.35. The second kappa shape index (κ2) is 12.2. The van der Waals surface area contributed by atoms with E-state index in [4.69, 9.17) is 4.74 Å². The van der Waals surface area contributed by atoms with Crippen molar-refractivity contribution >= 4 is 23.6 Å². The molecule has 1 atom stereocenters. The third-order valence-electron chi connectivity index (χ3n) is 5.36. The van der Waals surface area contributed by atoms with Crippen LogP contribution in [-0.2, 0) is 22.6 Å². The van der Waals surface area contributed by atoms with Crippen LogP contribution in [0.3, 0.4) is 0 Å². The molecule has 0 saturated carbocycles. The van der Waals surface area contributed by atoms with Crippen molar-refractivity contribution in [2.24, 2.45) is 0 Å². The molecule has 7 nitrogen and oxygen atoms in total. The number of nitrogens with zero attached hydrogens (tertiary/aromatic N) is 1. The Morgan fingerprint density at radius 2 is 1.97 bits per heavy atom. The topological polar surface area (TPSA) is 96.1 Å². The highest BCUT2D eigenvalue weighted by Crippen LogP contribution is 2.28. The molecule has 2 aromatic carbocycles. The van der Waals surface area contributed by atoms with Gasteiger partial charge in [0, 0.05) is 30.5 Å². The number of benzene rings is 2. The van der Waals surface area contributed by atoms with Gasteiger partial charge in [0.1, 0.15) is 6.04 Å². The molecule has 0 unspecified atom stereocenters. The van der Waals surface area contributed by atoms with Crippen molar-refractivity contribution in [1.29, 1.82) is 0 Å². The molecule has 1 amide bonds. The standard InChI is InChI=1S/C25H30N4O3S/c1-17-6-4-5-7-20(17)22-12-18(13-26-14-19-15-27-16-28-19)8-9-21(22)24(30)29-23(10-11-33-3)25(31)32-2/h4-9,12,15-16,23,26H,10-11,13-14H2,1-3H3,(H,27,28)(H,29,30)/t23-/m0/s1. The highest BCUT2D eigenvalue weighted by atomic mass is 32.2. The van der Waals surface area contributed by atoms with Crippen molar-refractivity contribution in [1.82, 2.24) is 20.6 Å². The van der Waals surface area contributed by atoms with Crippen LogP contribution in [-0.4, -0.2) is 47.0 Å². The summed E-state index contributed by atoms with van der Waals surface area (Å²) in [6.45, 7) is 3.33. The van der Waals surface area contributed by atoms with Gasteiger partial charge in [-0.05, 0) is 59.7 Å². The van der Waals surface area contributed by atoms with Crippen molar-refractivity contribution in [3.63, 3.8) is 0 Å². The number of nitrogens with one attached hydrogen (secondary N) is 3. The molecular weight excluding hydrogens is 436 g/mol. The van der Waals surface area contributed by atoms with Gasteiger partial charge in [0.25, 0.3) is 5.91 Å². The number of aromatic amines is 1. The zero-order valence-corrected chi connectivity index (χ0v) is 20.0. The van der Waals surface area contributed by atoms with E-state index in [1.165, 1.54) is 7.11 Å². The summed E-state index contributed by atoms with van der Waals surface area (Å²) >= 11 is 1.62. The molecule has 0 aliphatic carbocycles. The average molecular weight is 467 g/mol. The number of thioether (sulfide) groups is 1. The molecule has 174 valence electrons. The van der Waals surface area contributed by atoms with E-state index >= 15 is 0 Å². The maximum absolute atomic E-state index is 13.3. The van der Waals surface area contributed by atoms with E-state index in [0.29, 0.717) is 25.1 Å². The van der Waals surface area contributed by atoms with Crippen LogP contribution in [0.4, 0.5) is 0 Å². The van der Waals surface area contributed by atoms with E-state index in [0.717, 1.165) is 33.7 Å². The van der Waals surface area contributed by atoms with Crippen molar-refractivity contribution < 1.29 is 14.3 Å². The molecule has 33 heavy (non-hydrogen) atoms. The van der Waals surface area contributed by atoms with Crippen molar-refractivity contribution in [2.45, 2.75) is 32.5 Å². The summed E-state index contributed by atoms with van der Waals surface area (Å²) in [5.41, 5.74) is 5.47. The molecule has 1 aromatic heterocycles. The quantitative estimate of drug-likeness (QED) is 0.373. The van der Waals surface area contributed by atoms with Crippen LogP contribution in [0.2, 0.25) is 0 Å². The van der Waals surface area contributed by atoms with Crippen molar-refractivity contribution in [3.8, 4) is 11.1 Å². The molecule has 3 rings (SSSR count). The van der Waals surface area contributed by atoms with Crippen LogP contribution in [0.1, 0.15) is 33.6 Å². The lowest BCUT2D eigenvalue weighted by atomic mass is 9.93. The summed E-state index contributed by atoms with van der Waals surface area (Å²) in [6.07, 6.45) is 5.91. The number of carbonyl (C=O) groups excluding carboxylic acids is 2. The summed E-state index contributed by atoms with van der Waals surface area (Å²) in [7, 11) is 1.34. The Labute approximate surface area is 198 Å². The summed E-state index contributed by atoms with van der Waals surface area (Å²) in [4.78, 5) is 32.6. The van der Waals surface area contributed by atoms with Crippen molar-refractivity contribution in [2.75, 3.05) is 19.1 Å². The lowest BCUT2D eigenvalue weighted by Gasteiger charge is -2.19. The number of imidazole rings is 1. The van der Waals surface area contributed by atoms with Gasteiger partial charge < -0.3 is 20.4 Å². The fourth-order valence-corrected chi connectivity index (χ4v) is 4.05. The van der Waals surface area contributed by atoms with Gasteiger partial charge in [-0.15, -0.1) is 0 Å². The minimum Gasteiger partial charge on any atom is -0.467 e. The number of hydrogen-bond acceptors (Lipinski definition) is 6. The zero-order chi connectivity index (χ0) is 23.6.